The molecular formula is C34H25S3+2. The van der Waals surface area contributed by atoms with Gasteiger partial charge in [0, 0.05) is 0 Å². The Bertz CT molecular complexity index is 1370. The summed E-state index contributed by atoms with van der Waals surface area (Å²) in [6.45, 7) is 0. The van der Waals surface area contributed by atoms with Crippen LogP contribution in [-0.4, -0.2) is 0 Å². The van der Waals surface area contributed by atoms with Gasteiger partial charge < -0.3 is 0 Å². The predicted octanol–water partition coefficient (Wildman–Crippen LogP) is 9.41. The van der Waals surface area contributed by atoms with Crippen LogP contribution in [0.1, 0.15) is 0 Å². The average Bonchev–Trinajstić information content (AvgIpc) is 3.40. The van der Waals surface area contributed by atoms with Gasteiger partial charge in [0.15, 0.2) is 24.5 Å². The molecule has 37 heavy (non-hydrogen) atoms. The maximum Gasteiger partial charge on any atom is 0.234 e. The largest absolute Gasteiger partial charge is 0.234 e. The molecule has 6 rings (SSSR count). The van der Waals surface area contributed by atoms with Crippen molar-refractivity contribution in [2.24, 2.45) is 0 Å². The molecule has 0 aliphatic heterocycles. The number of benzene rings is 5. The first kappa shape index (κ1) is 23.9. The second kappa shape index (κ2) is 11.3. The Labute approximate surface area is 229 Å². The SMILES string of the molecule is [c]1sc([S+](c2ccccc2)c2ccccc2)c(-c2ccccc2)c1[S+](c1ccccc1)c1ccccc1. The molecule has 0 saturated carbocycles. The van der Waals surface area contributed by atoms with Crippen LogP contribution in [0.15, 0.2) is 180 Å². The zero-order valence-electron chi connectivity index (χ0n) is 20.2. The Hall–Kier alpha value is -3.50. The van der Waals surface area contributed by atoms with E-state index in [2.05, 4.69) is 157 Å². The minimum Gasteiger partial charge on any atom is -0.0776 e. The fourth-order valence-corrected chi connectivity index (χ4v) is 10.6. The van der Waals surface area contributed by atoms with Crippen LogP contribution < -0.4 is 0 Å². The van der Waals surface area contributed by atoms with E-state index >= 15 is 0 Å². The average molecular weight is 530 g/mol. The van der Waals surface area contributed by atoms with Crippen molar-refractivity contribution in [3.63, 3.8) is 0 Å². The van der Waals surface area contributed by atoms with Crippen molar-refractivity contribution in [3.8, 4) is 11.1 Å². The molecule has 0 nitrogen and oxygen atoms in total. The predicted molar refractivity (Wildman–Crippen MR) is 159 cm³/mol. The lowest BCUT2D eigenvalue weighted by Crippen LogP contribution is -2.08. The molecule has 1 heterocycles. The van der Waals surface area contributed by atoms with Crippen LogP contribution in [0.3, 0.4) is 0 Å². The Morgan fingerprint density at radius 1 is 0.405 bits per heavy atom. The van der Waals surface area contributed by atoms with Gasteiger partial charge in [-0.3, -0.25) is 0 Å². The monoisotopic (exact) mass is 529 g/mol. The maximum atomic E-state index is 3.85. The summed E-state index contributed by atoms with van der Waals surface area (Å²) in [6.07, 6.45) is 0. The van der Waals surface area contributed by atoms with Gasteiger partial charge in [-0.2, -0.15) is 0 Å². The summed E-state index contributed by atoms with van der Waals surface area (Å²) in [6, 6.07) is 54.5. The maximum absolute atomic E-state index is 3.85. The van der Waals surface area contributed by atoms with Crippen LogP contribution in [0.4, 0.5) is 0 Å². The van der Waals surface area contributed by atoms with Crippen LogP contribution >= 0.6 is 11.3 Å². The number of hydrogen-bond donors (Lipinski definition) is 0. The van der Waals surface area contributed by atoms with E-state index in [4.69, 9.17) is 0 Å². The Balaban J connectivity index is 1.63. The second-order valence-electron chi connectivity index (χ2n) is 8.43. The van der Waals surface area contributed by atoms with Crippen molar-refractivity contribution < 1.29 is 0 Å². The van der Waals surface area contributed by atoms with Gasteiger partial charge in [-0.05, 0) is 54.1 Å². The van der Waals surface area contributed by atoms with Crippen molar-refractivity contribution in [1.82, 2.24) is 0 Å². The first-order chi connectivity index (χ1) is 18.4. The number of rotatable bonds is 7. The van der Waals surface area contributed by atoms with E-state index in [1.54, 1.807) is 11.3 Å². The Kier molecular flexibility index (Phi) is 7.27. The molecule has 0 bridgehead atoms. The van der Waals surface area contributed by atoms with E-state index in [1.807, 2.05) is 0 Å². The minimum atomic E-state index is -0.276. The molecule has 0 spiro atoms. The highest BCUT2D eigenvalue weighted by atomic mass is 32.2. The molecule has 0 aliphatic carbocycles. The van der Waals surface area contributed by atoms with Crippen molar-refractivity contribution in [1.29, 1.82) is 0 Å². The van der Waals surface area contributed by atoms with E-state index in [1.165, 1.54) is 39.8 Å². The molecule has 177 valence electrons. The van der Waals surface area contributed by atoms with Crippen LogP contribution in [0.25, 0.3) is 11.1 Å². The van der Waals surface area contributed by atoms with Crippen molar-refractivity contribution in [3.05, 3.63) is 157 Å². The Morgan fingerprint density at radius 3 is 1.16 bits per heavy atom. The highest BCUT2D eigenvalue weighted by Gasteiger charge is 2.41. The first-order valence-electron chi connectivity index (χ1n) is 12.2. The lowest BCUT2D eigenvalue weighted by atomic mass is 10.1. The molecular weight excluding hydrogens is 505 g/mol. The highest BCUT2D eigenvalue weighted by Crippen LogP contribution is 2.47. The summed E-state index contributed by atoms with van der Waals surface area (Å²) in [5.41, 5.74) is 2.57. The highest BCUT2D eigenvalue weighted by molar-refractivity contribution is 7.99. The third kappa shape index (κ3) is 5.03. The van der Waals surface area contributed by atoms with E-state index in [-0.39, 0.29) is 21.8 Å². The quantitative estimate of drug-likeness (QED) is 0.181. The van der Waals surface area contributed by atoms with Gasteiger partial charge >= 0.3 is 0 Å². The summed E-state index contributed by atoms with van der Waals surface area (Å²) in [5.74, 6) is 0. The molecule has 0 aliphatic rings. The van der Waals surface area contributed by atoms with E-state index in [0.717, 1.165) is 0 Å². The van der Waals surface area contributed by atoms with Gasteiger partial charge in [0.1, 0.15) is 32.7 Å². The molecule has 1 aromatic heterocycles. The molecule has 0 atom stereocenters. The standard InChI is InChI=1S/C34H25S3/c1-6-16-27(17-7-1)33-32(36(28-18-8-2-9-19-28)29-20-10-3-11-21-29)26-35-34(33)37(30-22-12-4-13-23-30)31-24-14-5-15-25-31/h1-25H/q+2. The van der Waals surface area contributed by atoms with Crippen molar-refractivity contribution in [2.45, 2.75) is 28.7 Å². The summed E-state index contributed by atoms with van der Waals surface area (Å²) < 4.78 is 1.36. The molecule has 5 aromatic carbocycles. The summed E-state index contributed by atoms with van der Waals surface area (Å²) >= 11 is 1.78. The van der Waals surface area contributed by atoms with Crippen LogP contribution in [0, 0.1) is 5.38 Å². The number of hydrogen-bond acceptors (Lipinski definition) is 1. The molecule has 6 aromatic rings. The first-order valence-corrected chi connectivity index (χ1v) is 15.5. The molecule has 0 saturated heterocycles. The summed E-state index contributed by atoms with van der Waals surface area (Å²) in [4.78, 5) is 6.54. The molecule has 0 fully saturated rings. The molecule has 3 heteroatoms. The number of thiophene rings is 1. The van der Waals surface area contributed by atoms with Crippen molar-refractivity contribution >= 4 is 33.1 Å². The van der Waals surface area contributed by atoms with E-state index < -0.39 is 0 Å². The Morgan fingerprint density at radius 2 is 0.757 bits per heavy atom. The van der Waals surface area contributed by atoms with Gasteiger partial charge in [-0.25, -0.2) is 0 Å². The van der Waals surface area contributed by atoms with Gasteiger partial charge in [0.25, 0.3) is 0 Å². The molecule has 0 N–H and O–H groups in total. The fourth-order valence-electron chi connectivity index (χ4n) is 4.38. The third-order valence-electron chi connectivity index (χ3n) is 6.04. The smallest absolute Gasteiger partial charge is 0.0776 e. The van der Waals surface area contributed by atoms with Gasteiger partial charge in [-0.1, -0.05) is 114 Å². The van der Waals surface area contributed by atoms with Gasteiger partial charge in [0.2, 0.25) is 4.21 Å². The summed E-state index contributed by atoms with van der Waals surface area (Å²) in [7, 11) is -0.519. The second-order valence-corrected chi connectivity index (χ2v) is 13.4. The van der Waals surface area contributed by atoms with Crippen LogP contribution in [-0.2, 0) is 21.8 Å². The van der Waals surface area contributed by atoms with Gasteiger partial charge in [0.05, 0.1) is 0 Å². The normalized spacial score (nSPS) is 11.2. The van der Waals surface area contributed by atoms with E-state index in [9.17, 15) is 0 Å². The van der Waals surface area contributed by atoms with E-state index in [0.29, 0.717) is 0 Å². The zero-order chi connectivity index (χ0) is 24.9. The van der Waals surface area contributed by atoms with Crippen LogP contribution in [0.5, 0.6) is 0 Å². The third-order valence-corrected chi connectivity index (χ3v) is 11.9. The zero-order valence-corrected chi connectivity index (χ0v) is 22.6. The van der Waals surface area contributed by atoms with Gasteiger partial charge in [-0.15, -0.1) is 0 Å². The lowest BCUT2D eigenvalue weighted by molar-refractivity contribution is 1.31. The molecule has 1 radical (unpaired) electrons. The summed E-state index contributed by atoms with van der Waals surface area (Å²) in [5, 5.41) is 3.85. The molecule has 0 unspecified atom stereocenters. The lowest BCUT2D eigenvalue weighted by Gasteiger charge is -2.11. The molecule has 0 amide bonds. The van der Waals surface area contributed by atoms with Crippen molar-refractivity contribution in [2.75, 3.05) is 0 Å². The fraction of sp³-hybridized carbons (Fsp3) is 0. The van der Waals surface area contributed by atoms with Crippen LogP contribution in [0.2, 0.25) is 0 Å². The minimum absolute atomic E-state index is 0.243. The topological polar surface area (TPSA) is 0 Å².